The van der Waals surface area contributed by atoms with Crippen molar-refractivity contribution in [3.63, 3.8) is 0 Å². The van der Waals surface area contributed by atoms with Gasteiger partial charge in [0.25, 0.3) is 0 Å². The second kappa shape index (κ2) is 12.0. The van der Waals surface area contributed by atoms with Crippen molar-refractivity contribution < 1.29 is 14.3 Å². The van der Waals surface area contributed by atoms with Crippen molar-refractivity contribution in [3.05, 3.63) is 35.4 Å². The van der Waals surface area contributed by atoms with Crippen LogP contribution in [0.25, 0.3) is 0 Å². The third kappa shape index (κ3) is 7.52. The maximum atomic E-state index is 12.3. The molecule has 1 unspecified atom stereocenters. The molecule has 1 aromatic carbocycles. The minimum absolute atomic E-state index is 0.0805. The number of carbonyl (C=O) groups is 2. The molecule has 0 radical (unpaired) electrons. The number of carbonyl (C=O) groups excluding carboxylic acids is 2. The molecule has 25 heavy (non-hydrogen) atoms. The summed E-state index contributed by atoms with van der Waals surface area (Å²) in [5.41, 5.74) is 1.41. The number of Topliss-reactive ketones (excluding diaryl/α,β-unsaturated/α-hetero) is 2. The Labute approximate surface area is 153 Å². The summed E-state index contributed by atoms with van der Waals surface area (Å²) in [7, 11) is 0. The quantitative estimate of drug-likeness (QED) is 0.339. The lowest BCUT2D eigenvalue weighted by Crippen LogP contribution is -2.13. The molecule has 0 saturated heterocycles. The second-order valence-corrected chi connectivity index (χ2v) is 6.92. The van der Waals surface area contributed by atoms with Gasteiger partial charge in [0.1, 0.15) is 0 Å². The van der Waals surface area contributed by atoms with Crippen molar-refractivity contribution in [2.24, 2.45) is 11.8 Å². The normalized spacial score (nSPS) is 12.4. The van der Waals surface area contributed by atoms with Crippen LogP contribution in [-0.2, 0) is 4.74 Å². The maximum absolute atomic E-state index is 12.3. The average Bonchev–Trinajstić information content (AvgIpc) is 2.65. The molecular formula is C22H34O3. The van der Waals surface area contributed by atoms with E-state index in [1.165, 1.54) is 0 Å². The van der Waals surface area contributed by atoms with Crippen molar-refractivity contribution in [1.29, 1.82) is 0 Å². The van der Waals surface area contributed by atoms with Crippen molar-refractivity contribution in [3.8, 4) is 0 Å². The van der Waals surface area contributed by atoms with E-state index in [1.54, 1.807) is 24.3 Å². The van der Waals surface area contributed by atoms with E-state index in [9.17, 15) is 9.59 Å². The van der Waals surface area contributed by atoms with Crippen molar-refractivity contribution in [1.82, 2.24) is 0 Å². The van der Waals surface area contributed by atoms with E-state index in [0.717, 1.165) is 45.3 Å². The molecule has 0 aromatic heterocycles. The first kappa shape index (κ1) is 21.6. The minimum Gasteiger partial charge on any atom is -0.381 e. The molecule has 0 fully saturated rings. The van der Waals surface area contributed by atoms with E-state index in [0.29, 0.717) is 23.5 Å². The molecule has 0 N–H and O–H groups in total. The molecule has 1 atom stereocenters. The molecule has 0 bridgehead atoms. The van der Waals surface area contributed by atoms with Gasteiger partial charge in [-0.2, -0.15) is 0 Å². The Bertz CT molecular complexity index is 515. The number of ether oxygens (including phenoxy) is 1. The van der Waals surface area contributed by atoms with Gasteiger partial charge in [-0.05, 0) is 31.6 Å². The standard InChI is InChI=1S/C22H34O3/c1-5-17(4)16-25-15-9-8-10-21(23)19-11-13-20(14-12-19)22(24)18(6-2)7-3/h11-14,17-18H,5-10,15-16H2,1-4H3. The molecule has 0 aliphatic heterocycles. The fourth-order valence-electron chi connectivity index (χ4n) is 2.75. The van der Waals surface area contributed by atoms with Gasteiger partial charge in [-0.15, -0.1) is 0 Å². The van der Waals surface area contributed by atoms with E-state index in [4.69, 9.17) is 4.74 Å². The first-order valence-corrected chi connectivity index (χ1v) is 9.78. The highest BCUT2D eigenvalue weighted by molar-refractivity contribution is 6.00. The summed E-state index contributed by atoms with van der Waals surface area (Å²) in [5, 5.41) is 0. The number of unbranched alkanes of at least 4 members (excludes halogenated alkanes) is 1. The lowest BCUT2D eigenvalue weighted by atomic mass is 9.92. The first-order chi connectivity index (χ1) is 12.0. The van der Waals surface area contributed by atoms with Crippen LogP contribution in [0.3, 0.4) is 0 Å². The summed E-state index contributed by atoms with van der Waals surface area (Å²) in [5.74, 6) is 1.01. The topological polar surface area (TPSA) is 43.4 Å². The van der Waals surface area contributed by atoms with Gasteiger partial charge in [-0.3, -0.25) is 9.59 Å². The van der Waals surface area contributed by atoms with E-state index >= 15 is 0 Å². The van der Waals surface area contributed by atoms with Crippen LogP contribution >= 0.6 is 0 Å². The zero-order valence-corrected chi connectivity index (χ0v) is 16.3. The lowest BCUT2D eigenvalue weighted by Gasteiger charge is -2.11. The van der Waals surface area contributed by atoms with Gasteiger partial charge < -0.3 is 4.74 Å². The van der Waals surface area contributed by atoms with E-state index in [1.807, 2.05) is 13.8 Å². The first-order valence-electron chi connectivity index (χ1n) is 9.78. The fourth-order valence-corrected chi connectivity index (χ4v) is 2.75. The van der Waals surface area contributed by atoms with Crippen LogP contribution in [0, 0.1) is 11.8 Å². The molecule has 0 saturated carbocycles. The Morgan fingerprint density at radius 1 is 0.920 bits per heavy atom. The van der Waals surface area contributed by atoms with Gasteiger partial charge in [0, 0.05) is 36.7 Å². The molecule has 0 aliphatic rings. The van der Waals surface area contributed by atoms with Crippen LogP contribution in [0.15, 0.2) is 24.3 Å². The van der Waals surface area contributed by atoms with E-state index in [2.05, 4.69) is 13.8 Å². The van der Waals surface area contributed by atoms with Crippen LogP contribution in [0.1, 0.15) is 86.9 Å². The van der Waals surface area contributed by atoms with Gasteiger partial charge in [-0.1, -0.05) is 58.4 Å². The van der Waals surface area contributed by atoms with Crippen molar-refractivity contribution in [2.75, 3.05) is 13.2 Å². The Morgan fingerprint density at radius 3 is 2.08 bits per heavy atom. The zero-order valence-electron chi connectivity index (χ0n) is 16.3. The van der Waals surface area contributed by atoms with Gasteiger partial charge in [0.2, 0.25) is 0 Å². The van der Waals surface area contributed by atoms with Gasteiger partial charge >= 0.3 is 0 Å². The number of rotatable bonds is 13. The minimum atomic E-state index is 0.0805. The predicted molar refractivity (Wildman–Crippen MR) is 103 cm³/mol. The molecule has 1 aromatic rings. The Balaban J connectivity index is 2.38. The highest BCUT2D eigenvalue weighted by atomic mass is 16.5. The van der Waals surface area contributed by atoms with Crippen molar-refractivity contribution >= 4 is 11.6 Å². The smallest absolute Gasteiger partial charge is 0.165 e. The molecule has 0 amide bonds. The molecule has 140 valence electrons. The fraction of sp³-hybridized carbons (Fsp3) is 0.636. The SMILES string of the molecule is CCC(C)COCCCCC(=O)c1ccc(C(=O)C(CC)CC)cc1. The zero-order chi connectivity index (χ0) is 18.7. The predicted octanol–water partition coefficient (Wildman–Crippen LogP) is 5.72. The van der Waals surface area contributed by atoms with E-state index < -0.39 is 0 Å². The number of hydrogen-bond donors (Lipinski definition) is 0. The summed E-state index contributed by atoms with van der Waals surface area (Å²) >= 11 is 0. The highest BCUT2D eigenvalue weighted by Gasteiger charge is 2.16. The average molecular weight is 347 g/mol. The molecule has 3 heteroatoms. The summed E-state index contributed by atoms with van der Waals surface area (Å²) in [6.45, 7) is 9.95. The molecule has 0 aliphatic carbocycles. The molecule has 1 rings (SSSR count). The molecule has 3 nitrogen and oxygen atoms in total. The third-order valence-corrected chi connectivity index (χ3v) is 4.89. The van der Waals surface area contributed by atoms with Crippen molar-refractivity contribution in [2.45, 2.75) is 66.2 Å². The summed E-state index contributed by atoms with van der Waals surface area (Å²) < 4.78 is 5.61. The lowest BCUT2D eigenvalue weighted by molar-refractivity contribution is 0.0908. The highest BCUT2D eigenvalue weighted by Crippen LogP contribution is 2.17. The second-order valence-electron chi connectivity index (χ2n) is 6.92. The van der Waals surface area contributed by atoms with E-state index in [-0.39, 0.29) is 17.5 Å². The number of hydrogen-bond acceptors (Lipinski definition) is 3. The van der Waals surface area contributed by atoms with Crippen LogP contribution in [0.4, 0.5) is 0 Å². The van der Waals surface area contributed by atoms with Gasteiger partial charge in [-0.25, -0.2) is 0 Å². The van der Waals surface area contributed by atoms with Crippen LogP contribution in [0.2, 0.25) is 0 Å². The number of benzene rings is 1. The summed E-state index contributed by atoms with van der Waals surface area (Å²) in [6, 6.07) is 7.17. The molecule has 0 spiro atoms. The Morgan fingerprint density at radius 2 is 1.52 bits per heavy atom. The maximum Gasteiger partial charge on any atom is 0.165 e. The van der Waals surface area contributed by atoms with Gasteiger partial charge in [0.15, 0.2) is 11.6 Å². The Kier molecular flexibility index (Phi) is 10.3. The summed E-state index contributed by atoms with van der Waals surface area (Å²) in [4.78, 5) is 24.6. The Hall–Kier alpha value is -1.48. The third-order valence-electron chi connectivity index (χ3n) is 4.89. The van der Waals surface area contributed by atoms with Crippen LogP contribution < -0.4 is 0 Å². The van der Waals surface area contributed by atoms with Crippen LogP contribution in [0.5, 0.6) is 0 Å². The monoisotopic (exact) mass is 346 g/mol. The largest absolute Gasteiger partial charge is 0.381 e. The van der Waals surface area contributed by atoms with Crippen LogP contribution in [-0.4, -0.2) is 24.8 Å². The molecule has 0 heterocycles. The summed E-state index contributed by atoms with van der Waals surface area (Å²) in [6.07, 6.45) is 5.13. The number of ketones is 2. The van der Waals surface area contributed by atoms with Gasteiger partial charge in [0.05, 0.1) is 0 Å². The molecular weight excluding hydrogens is 312 g/mol.